The Balaban J connectivity index is 2.93. The molecule has 0 bridgehead atoms. The van der Waals surface area contributed by atoms with Gasteiger partial charge in [-0.3, -0.25) is 10.1 Å². The van der Waals surface area contributed by atoms with Crippen LogP contribution in [0.2, 0.25) is 0 Å². The van der Waals surface area contributed by atoms with Crippen LogP contribution >= 0.6 is 15.9 Å². The second-order valence-electron chi connectivity index (χ2n) is 3.98. The molecule has 1 unspecified atom stereocenters. The van der Waals surface area contributed by atoms with Crippen LogP contribution in [-0.4, -0.2) is 23.1 Å². The quantitative estimate of drug-likeness (QED) is 0.772. The summed E-state index contributed by atoms with van der Waals surface area (Å²) >= 11 is 3.31. The maximum Gasteiger partial charge on any atom is 0.318 e. The minimum Gasteiger partial charge on any atom is -0.480 e. The largest absolute Gasteiger partial charge is 0.480 e. The minimum atomic E-state index is -0.935. The highest BCUT2D eigenvalue weighted by Crippen LogP contribution is 2.29. The molecule has 19 heavy (non-hydrogen) atoms. The normalized spacial score (nSPS) is 11.8. The van der Waals surface area contributed by atoms with Gasteiger partial charge in [0.15, 0.2) is 6.10 Å². The summed E-state index contributed by atoms with van der Waals surface area (Å²) in [4.78, 5) is 22.1. The average molecular weight is 331 g/mol. The Hall–Kier alpha value is -1.60. The lowest BCUT2D eigenvalue weighted by atomic mass is 10.1. The minimum absolute atomic E-state index is 0.222. The van der Waals surface area contributed by atoms with Gasteiger partial charge in [-0.15, -0.1) is 0 Å². The molecule has 0 heterocycles. The van der Waals surface area contributed by atoms with Crippen molar-refractivity contribution in [1.29, 1.82) is 0 Å². The number of carbonyl (C=O) groups is 2. The Morgan fingerprint density at radius 3 is 2.68 bits per heavy atom. The zero-order valence-corrected chi connectivity index (χ0v) is 12.2. The molecule has 0 aliphatic carbocycles. The third-order valence-corrected chi connectivity index (χ3v) is 2.85. The topological polar surface area (TPSA) is 102 Å². The highest BCUT2D eigenvalue weighted by Gasteiger charge is 2.19. The van der Waals surface area contributed by atoms with Gasteiger partial charge >= 0.3 is 6.03 Å². The molecule has 0 radical (unpaired) electrons. The molecule has 1 rings (SSSR count). The zero-order valence-electron chi connectivity index (χ0n) is 10.6. The maximum atomic E-state index is 11.5. The number of hydrogen-bond acceptors (Lipinski definition) is 4. The number of amides is 3. The van der Waals surface area contributed by atoms with Gasteiger partial charge < -0.3 is 15.6 Å². The summed E-state index contributed by atoms with van der Waals surface area (Å²) in [6, 6.07) is 2.56. The Bertz CT molecular complexity index is 505. The molecule has 0 aliphatic rings. The average Bonchev–Trinajstić information content (AvgIpc) is 2.30. The molecule has 3 amide bonds. The molecule has 1 atom stereocenters. The van der Waals surface area contributed by atoms with E-state index in [4.69, 9.17) is 10.5 Å². The lowest BCUT2D eigenvalue weighted by Gasteiger charge is -2.18. The fourth-order valence-electron chi connectivity index (χ4n) is 1.54. The van der Waals surface area contributed by atoms with Crippen LogP contribution in [0.5, 0.6) is 5.75 Å². The predicted molar refractivity (Wildman–Crippen MR) is 72.6 cm³/mol. The van der Waals surface area contributed by atoms with E-state index in [0.717, 1.165) is 10.0 Å². The highest BCUT2D eigenvalue weighted by atomic mass is 79.9. The number of halogens is 1. The lowest BCUT2D eigenvalue weighted by Crippen LogP contribution is -2.42. The van der Waals surface area contributed by atoms with E-state index in [1.54, 1.807) is 19.1 Å². The number of benzene rings is 1. The van der Waals surface area contributed by atoms with Crippen LogP contribution < -0.4 is 15.8 Å². The number of nitrogens with two attached hydrogens (primary N) is 1. The molecule has 0 fully saturated rings. The van der Waals surface area contributed by atoms with Crippen LogP contribution in [0.25, 0.3) is 0 Å². The third-order valence-electron chi connectivity index (χ3n) is 2.40. The standard InChI is InChI=1S/C12H15BrN2O4/c1-6-3-9(13)4-8(5-16)10(6)19-7(2)11(17)15-12(14)18/h3-4,7,16H,5H2,1-2H3,(H3,14,15,17,18). The van der Waals surface area contributed by atoms with Crippen molar-refractivity contribution in [2.45, 2.75) is 26.6 Å². The van der Waals surface area contributed by atoms with Crippen LogP contribution in [-0.2, 0) is 11.4 Å². The number of aliphatic hydroxyl groups is 1. The van der Waals surface area contributed by atoms with Gasteiger partial charge in [0.2, 0.25) is 0 Å². The number of aliphatic hydroxyl groups excluding tert-OH is 1. The molecule has 0 saturated heterocycles. The summed E-state index contributed by atoms with van der Waals surface area (Å²) < 4.78 is 6.29. The molecule has 4 N–H and O–H groups in total. The Labute approximate surface area is 119 Å². The Morgan fingerprint density at radius 1 is 1.53 bits per heavy atom. The lowest BCUT2D eigenvalue weighted by molar-refractivity contribution is -0.126. The van der Waals surface area contributed by atoms with Gasteiger partial charge in [-0.05, 0) is 31.5 Å². The molecule has 0 aliphatic heterocycles. The first-order chi connectivity index (χ1) is 8.85. The molecule has 6 nitrogen and oxygen atoms in total. The van der Waals surface area contributed by atoms with Gasteiger partial charge in [0, 0.05) is 10.0 Å². The first-order valence-electron chi connectivity index (χ1n) is 5.52. The highest BCUT2D eigenvalue weighted by molar-refractivity contribution is 9.10. The van der Waals surface area contributed by atoms with Crippen LogP contribution in [0, 0.1) is 6.92 Å². The van der Waals surface area contributed by atoms with Gasteiger partial charge in [-0.25, -0.2) is 4.79 Å². The SMILES string of the molecule is Cc1cc(Br)cc(CO)c1OC(C)C(=O)NC(N)=O. The molecule has 104 valence electrons. The van der Waals surface area contributed by atoms with Crippen molar-refractivity contribution in [3.05, 3.63) is 27.7 Å². The van der Waals surface area contributed by atoms with Crippen LogP contribution in [0.3, 0.4) is 0 Å². The fourth-order valence-corrected chi connectivity index (χ4v) is 2.16. The van der Waals surface area contributed by atoms with Crippen molar-refractivity contribution < 1.29 is 19.4 Å². The third kappa shape index (κ3) is 4.22. The fraction of sp³-hybridized carbons (Fsp3) is 0.333. The summed E-state index contributed by atoms with van der Waals surface area (Å²) in [5.74, 6) is -0.225. The molecule has 0 aromatic heterocycles. The number of primary amides is 1. The number of imide groups is 1. The van der Waals surface area contributed by atoms with Gasteiger partial charge in [0.25, 0.3) is 5.91 Å². The molecule has 1 aromatic carbocycles. The molecule has 0 spiro atoms. The summed E-state index contributed by atoms with van der Waals surface area (Å²) in [5.41, 5.74) is 6.17. The van der Waals surface area contributed by atoms with Crippen molar-refractivity contribution in [1.82, 2.24) is 5.32 Å². The number of rotatable bonds is 4. The first-order valence-corrected chi connectivity index (χ1v) is 6.31. The number of ether oxygens (including phenoxy) is 1. The van der Waals surface area contributed by atoms with E-state index < -0.39 is 18.0 Å². The number of hydrogen-bond donors (Lipinski definition) is 3. The van der Waals surface area contributed by atoms with Crippen LogP contribution in [0.4, 0.5) is 4.79 Å². The zero-order chi connectivity index (χ0) is 14.6. The number of carbonyl (C=O) groups excluding carboxylic acids is 2. The summed E-state index contributed by atoms with van der Waals surface area (Å²) in [5, 5.41) is 11.2. The van der Waals surface area contributed by atoms with Crippen molar-refractivity contribution in [2.75, 3.05) is 0 Å². The first kappa shape index (κ1) is 15.5. The van der Waals surface area contributed by atoms with Crippen LogP contribution in [0.1, 0.15) is 18.1 Å². The molecule has 1 aromatic rings. The van der Waals surface area contributed by atoms with E-state index >= 15 is 0 Å². The van der Waals surface area contributed by atoms with Crippen molar-refractivity contribution in [3.8, 4) is 5.75 Å². The second-order valence-corrected chi connectivity index (χ2v) is 4.90. The molecular formula is C12H15BrN2O4. The number of aryl methyl sites for hydroxylation is 1. The Morgan fingerprint density at radius 2 is 2.16 bits per heavy atom. The summed E-state index contributed by atoms with van der Waals surface area (Å²) in [6.07, 6.45) is -0.905. The van der Waals surface area contributed by atoms with Crippen molar-refractivity contribution in [3.63, 3.8) is 0 Å². The number of urea groups is 1. The molecule has 7 heteroatoms. The summed E-state index contributed by atoms with van der Waals surface area (Å²) in [7, 11) is 0. The van der Waals surface area contributed by atoms with Gasteiger partial charge in [-0.2, -0.15) is 0 Å². The van der Waals surface area contributed by atoms with E-state index in [1.807, 2.05) is 5.32 Å². The maximum absolute atomic E-state index is 11.5. The van der Waals surface area contributed by atoms with E-state index in [-0.39, 0.29) is 6.61 Å². The summed E-state index contributed by atoms with van der Waals surface area (Å²) in [6.45, 7) is 3.05. The van der Waals surface area contributed by atoms with Gasteiger partial charge in [0.1, 0.15) is 5.75 Å². The van der Waals surface area contributed by atoms with E-state index in [9.17, 15) is 14.7 Å². The van der Waals surface area contributed by atoms with Crippen molar-refractivity contribution in [2.24, 2.45) is 5.73 Å². The van der Waals surface area contributed by atoms with Gasteiger partial charge in [-0.1, -0.05) is 15.9 Å². The van der Waals surface area contributed by atoms with E-state index in [0.29, 0.717) is 11.3 Å². The number of nitrogens with one attached hydrogen (secondary N) is 1. The monoisotopic (exact) mass is 330 g/mol. The molecular weight excluding hydrogens is 316 g/mol. The smallest absolute Gasteiger partial charge is 0.318 e. The predicted octanol–water partition coefficient (Wildman–Crippen LogP) is 1.21. The van der Waals surface area contributed by atoms with Crippen molar-refractivity contribution >= 4 is 27.9 Å². The second kappa shape index (κ2) is 6.53. The van der Waals surface area contributed by atoms with E-state index in [1.165, 1.54) is 6.92 Å². The van der Waals surface area contributed by atoms with E-state index in [2.05, 4.69) is 15.9 Å². The van der Waals surface area contributed by atoms with Crippen LogP contribution in [0.15, 0.2) is 16.6 Å². The van der Waals surface area contributed by atoms with Gasteiger partial charge in [0.05, 0.1) is 6.61 Å². The Kier molecular flexibility index (Phi) is 5.31. The molecule has 0 saturated carbocycles.